The van der Waals surface area contributed by atoms with Gasteiger partial charge in [-0.1, -0.05) is 24.3 Å². The van der Waals surface area contributed by atoms with Gasteiger partial charge in [0.05, 0.1) is 0 Å². The number of primary amides is 1. The first kappa shape index (κ1) is 10.5. The van der Waals surface area contributed by atoms with Crippen LogP contribution in [-0.2, 0) is 13.0 Å². The topological polar surface area (TPSA) is 81.1 Å². The van der Waals surface area contributed by atoms with Gasteiger partial charge in [0.2, 0.25) is 0 Å². The van der Waals surface area contributed by atoms with E-state index < -0.39 is 6.03 Å². The number of carbonyl (C=O) groups is 1. The third-order valence-electron chi connectivity index (χ3n) is 1.92. The van der Waals surface area contributed by atoms with Crippen LogP contribution in [0.15, 0.2) is 24.3 Å². The lowest BCUT2D eigenvalue weighted by atomic mass is 10.1. The molecular formula is C10H15N3O. The van der Waals surface area contributed by atoms with E-state index in [1.54, 1.807) is 0 Å². The second-order valence-corrected chi connectivity index (χ2v) is 3.07. The minimum absolute atomic E-state index is 0.470. The van der Waals surface area contributed by atoms with Crippen molar-refractivity contribution in [2.75, 3.05) is 6.54 Å². The van der Waals surface area contributed by atoms with Crippen LogP contribution in [0, 0.1) is 0 Å². The van der Waals surface area contributed by atoms with Crippen LogP contribution in [0.3, 0.4) is 0 Å². The Morgan fingerprint density at radius 3 is 2.29 bits per heavy atom. The second-order valence-electron chi connectivity index (χ2n) is 3.07. The molecule has 0 aliphatic rings. The van der Waals surface area contributed by atoms with Crippen LogP contribution in [0.4, 0.5) is 4.79 Å². The molecule has 76 valence electrons. The van der Waals surface area contributed by atoms with Crippen molar-refractivity contribution in [2.24, 2.45) is 11.5 Å². The largest absolute Gasteiger partial charge is 0.352 e. The van der Waals surface area contributed by atoms with Crippen molar-refractivity contribution in [3.63, 3.8) is 0 Å². The van der Waals surface area contributed by atoms with Crippen molar-refractivity contribution in [3.05, 3.63) is 35.4 Å². The Kier molecular flexibility index (Phi) is 3.94. The maximum absolute atomic E-state index is 10.4. The standard InChI is InChI=1S/C10H15N3O/c11-6-5-8-1-3-9(4-2-8)7-13-10(12)14/h1-4H,5-7,11H2,(H3,12,13,14). The summed E-state index contributed by atoms with van der Waals surface area (Å²) in [5.74, 6) is 0. The first-order valence-electron chi connectivity index (χ1n) is 4.53. The maximum atomic E-state index is 10.4. The van der Waals surface area contributed by atoms with E-state index in [0.29, 0.717) is 13.1 Å². The van der Waals surface area contributed by atoms with Crippen molar-refractivity contribution >= 4 is 6.03 Å². The van der Waals surface area contributed by atoms with Gasteiger partial charge in [0.1, 0.15) is 0 Å². The first-order chi connectivity index (χ1) is 6.72. The van der Waals surface area contributed by atoms with E-state index in [-0.39, 0.29) is 0 Å². The summed E-state index contributed by atoms with van der Waals surface area (Å²) < 4.78 is 0. The first-order valence-corrected chi connectivity index (χ1v) is 4.53. The smallest absolute Gasteiger partial charge is 0.312 e. The lowest BCUT2D eigenvalue weighted by Crippen LogP contribution is -2.28. The lowest BCUT2D eigenvalue weighted by molar-refractivity contribution is 0.248. The van der Waals surface area contributed by atoms with Crippen molar-refractivity contribution < 1.29 is 4.79 Å². The Balaban J connectivity index is 2.50. The summed E-state index contributed by atoms with van der Waals surface area (Å²) in [6.45, 7) is 1.12. The number of urea groups is 1. The monoisotopic (exact) mass is 193 g/mol. The average molecular weight is 193 g/mol. The second kappa shape index (κ2) is 5.24. The molecule has 0 aliphatic carbocycles. The van der Waals surface area contributed by atoms with Gasteiger partial charge < -0.3 is 16.8 Å². The molecule has 0 spiro atoms. The molecule has 0 aliphatic heterocycles. The molecule has 1 rings (SSSR count). The fourth-order valence-corrected chi connectivity index (χ4v) is 1.18. The predicted molar refractivity (Wildman–Crippen MR) is 55.6 cm³/mol. The summed E-state index contributed by atoms with van der Waals surface area (Å²) in [4.78, 5) is 10.4. The molecule has 5 N–H and O–H groups in total. The number of carbonyl (C=O) groups excluding carboxylic acids is 1. The normalized spacial score (nSPS) is 9.79. The molecular weight excluding hydrogens is 178 g/mol. The highest BCUT2D eigenvalue weighted by molar-refractivity contribution is 5.71. The van der Waals surface area contributed by atoms with Crippen LogP contribution in [-0.4, -0.2) is 12.6 Å². The molecule has 2 amide bonds. The van der Waals surface area contributed by atoms with Gasteiger partial charge in [0, 0.05) is 6.54 Å². The zero-order valence-corrected chi connectivity index (χ0v) is 7.99. The van der Waals surface area contributed by atoms with Gasteiger partial charge in [-0.2, -0.15) is 0 Å². The third kappa shape index (κ3) is 3.45. The molecule has 4 nitrogen and oxygen atoms in total. The minimum atomic E-state index is -0.504. The Bertz CT molecular complexity index is 295. The summed E-state index contributed by atoms with van der Waals surface area (Å²) >= 11 is 0. The highest BCUT2D eigenvalue weighted by Crippen LogP contribution is 2.04. The zero-order valence-electron chi connectivity index (χ0n) is 7.99. The number of hydrogen-bond donors (Lipinski definition) is 3. The third-order valence-corrected chi connectivity index (χ3v) is 1.92. The lowest BCUT2D eigenvalue weighted by Gasteiger charge is -2.03. The summed E-state index contributed by atoms with van der Waals surface area (Å²) in [6, 6.07) is 7.42. The molecule has 0 saturated carbocycles. The Hall–Kier alpha value is -1.55. The number of hydrogen-bond acceptors (Lipinski definition) is 2. The van der Waals surface area contributed by atoms with E-state index in [1.165, 1.54) is 5.56 Å². The van der Waals surface area contributed by atoms with Crippen molar-refractivity contribution in [1.82, 2.24) is 5.32 Å². The Morgan fingerprint density at radius 1 is 1.21 bits per heavy atom. The quantitative estimate of drug-likeness (QED) is 0.645. The highest BCUT2D eigenvalue weighted by atomic mass is 16.2. The van der Waals surface area contributed by atoms with Crippen molar-refractivity contribution in [1.29, 1.82) is 0 Å². The van der Waals surface area contributed by atoms with Gasteiger partial charge in [-0.15, -0.1) is 0 Å². The summed E-state index contributed by atoms with van der Waals surface area (Å²) in [5.41, 5.74) is 12.6. The van der Waals surface area contributed by atoms with Crippen LogP contribution in [0.25, 0.3) is 0 Å². The summed E-state index contributed by atoms with van der Waals surface area (Å²) in [6.07, 6.45) is 0.879. The molecule has 4 heteroatoms. The molecule has 0 bridgehead atoms. The molecule has 1 aromatic carbocycles. The number of rotatable bonds is 4. The van der Waals surface area contributed by atoms with Gasteiger partial charge in [-0.05, 0) is 24.1 Å². The van der Waals surface area contributed by atoms with E-state index >= 15 is 0 Å². The van der Waals surface area contributed by atoms with E-state index in [9.17, 15) is 4.79 Å². The zero-order chi connectivity index (χ0) is 10.4. The number of nitrogens with two attached hydrogens (primary N) is 2. The summed E-state index contributed by atoms with van der Waals surface area (Å²) in [5, 5.41) is 2.53. The van der Waals surface area contributed by atoms with Crippen molar-refractivity contribution in [2.45, 2.75) is 13.0 Å². The molecule has 0 heterocycles. The molecule has 0 fully saturated rings. The molecule has 0 unspecified atom stereocenters. The SMILES string of the molecule is NCCc1ccc(CNC(N)=O)cc1. The number of nitrogens with one attached hydrogen (secondary N) is 1. The fraction of sp³-hybridized carbons (Fsp3) is 0.300. The van der Waals surface area contributed by atoms with Crippen LogP contribution in [0.5, 0.6) is 0 Å². The van der Waals surface area contributed by atoms with E-state index in [4.69, 9.17) is 11.5 Å². The van der Waals surface area contributed by atoms with Crippen LogP contribution in [0.1, 0.15) is 11.1 Å². The highest BCUT2D eigenvalue weighted by Gasteiger charge is 1.95. The van der Waals surface area contributed by atoms with Gasteiger partial charge in [0.15, 0.2) is 0 Å². The maximum Gasteiger partial charge on any atom is 0.312 e. The van der Waals surface area contributed by atoms with Crippen LogP contribution < -0.4 is 16.8 Å². The minimum Gasteiger partial charge on any atom is -0.352 e. The average Bonchev–Trinajstić information content (AvgIpc) is 2.17. The van der Waals surface area contributed by atoms with Gasteiger partial charge >= 0.3 is 6.03 Å². The molecule has 1 aromatic rings. The van der Waals surface area contributed by atoms with Gasteiger partial charge in [-0.3, -0.25) is 0 Å². The Labute approximate surface area is 83.3 Å². The molecule has 0 radical (unpaired) electrons. The Morgan fingerprint density at radius 2 is 1.79 bits per heavy atom. The van der Waals surface area contributed by atoms with Crippen LogP contribution in [0.2, 0.25) is 0 Å². The molecule has 0 saturated heterocycles. The van der Waals surface area contributed by atoms with Crippen LogP contribution >= 0.6 is 0 Å². The van der Waals surface area contributed by atoms with E-state index in [2.05, 4.69) is 5.32 Å². The number of amides is 2. The summed E-state index contributed by atoms with van der Waals surface area (Å²) in [7, 11) is 0. The predicted octanol–water partition coefficient (Wildman–Crippen LogP) is 0.356. The van der Waals surface area contributed by atoms with E-state index in [1.807, 2.05) is 24.3 Å². The molecule has 0 atom stereocenters. The fourth-order valence-electron chi connectivity index (χ4n) is 1.18. The molecule has 14 heavy (non-hydrogen) atoms. The molecule has 0 aromatic heterocycles. The van der Waals surface area contributed by atoms with Crippen molar-refractivity contribution in [3.8, 4) is 0 Å². The van der Waals surface area contributed by atoms with Gasteiger partial charge in [-0.25, -0.2) is 4.79 Å². The van der Waals surface area contributed by atoms with Gasteiger partial charge in [0.25, 0.3) is 0 Å². The van der Waals surface area contributed by atoms with E-state index in [0.717, 1.165) is 12.0 Å². The number of benzene rings is 1.